The number of amides is 2. The summed E-state index contributed by atoms with van der Waals surface area (Å²) in [7, 11) is 0. The second kappa shape index (κ2) is 6.34. The second-order valence-electron chi connectivity index (χ2n) is 7.08. The van der Waals surface area contributed by atoms with Crippen LogP contribution in [0.5, 0.6) is 0 Å². The van der Waals surface area contributed by atoms with Crippen LogP contribution in [0.1, 0.15) is 46.5 Å². The highest BCUT2D eigenvalue weighted by molar-refractivity contribution is 5.81. The molecule has 0 aromatic carbocycles. The third-order valence-corrected chi connectivity index (χ3v) is 4.80. The fourth-order valence-electron chi connectivity index (χ4n) is 3.18. The van der Waals surface area contributed by atoms with Crippen LogP contribution in [-0.4, -0.2) is 58.5 Å². The number of piperidine rings is 2. The smallest absolute Gasteiger partial charge is 0.225 e. The molecule has 0 saturated carbocycles. The van der Waals surface area contributed by atoms with E-state index in [0.717, 1.165) is 12.8 Å². The highest BCUT2D eigenvalue weighted by Gasteiger charge is 2.34. The summed E-state index contributed by atoms with van der Waals surface area (Å²) in [6.07, 6.45) is 2.85. The number of carbonyl (C=O) groups is 2. The van der Waals surface area contributed by atoms with Crippen molar-refractivity contribution in [3.8, 4) is 0 Å². The van der Waals surface area contributed by atoms with Crippen LogP contribution in [0.3, 0.4) is 0 Å². The van der Waals surface area contributed by atoms with E-state index in [1.165, 1.54) is 0 Å². The van der Waals surface area contributed by atoms with Gasteiger partial charge in [-0.15, -0.1) is 0 Å². The van der Waals surface area contributed by atoms with Gasteiger partial charge in [-0.2, -0.15) is 0 Å². The summed E-state index contributed by atoms with van der Waals surface area (Å²) in [5.74, 6) is 0.475. The van der Waals surface area contributed by atoms with E-state index in [-0.39, 0.29) is 23.7 Å². The maximum absolute atomic E-state index is 12.5. The number of hydrogen-bond donors (Lipinski definition) is 1. The normalized spacial score (nSPS) is 23.5. The highest BCUT2D eigenvalue weighted by Crippen LogP contribution is 2.26. The Kier molecular flexibility index (Phi) is 4.91. The lowest BCUT2D eigenvalue weighted by molar-refractivity contribution is -0.144. The molecule has 2 aliphatic heterocycles. The summed E-state index contributed by atoms with van der Waals surface area (Å²) in [6.45, 7) is 8.36. The van der Waals surface area contributed by atoms with Gasteiger partial charge in [0.05, 0.1) is 5.60 Å². The van der Waals surface area contributed by atoms with Gasteiger partial charge in [0, 0.05) is 38.0 Å². The molecule has 0 unspecified atom stereocenters. The third kappa shape index (κ3) is 3.96. The van der Waals surface area contributed by atoms with Crippen LogP contribution < -0.4 is 0 Å². The van der Waals surface area contributed by atoms with Crippen molar-refractivity contribution < 1.29 is 14.7 Å². The van der Waals surface area contributed by atoms with Crippen LogP contribution >= 0.6 is 0 Å². The molecule has 21 heavy (non-hydrogen) atoms. The van der Waals surface area contributed by atoms with Gasteiger partial charge in [0.2, 0.25) is 11.8 Å². The van der Waals surface area contributed by atoms with Crippen molar-refractivity contribution >= 4 is 11.8 Å². The van der Waals surface area contributed by atoms with E-state index in [9.17, 15) is 14.7 Å². The van der Waals surface area contributed by atoms with Crippen LogP contribution in [0.15, 0.2) is 0 Å². The summed E-state index contributed by atoms with van der Waals surface area (Å²) < 4.78 is 0. The summed E-state index contributed by atoms with van der Waals surface area (Å²) in [5, 5.41) is 9.95. The van der Waals surface area contributed by atoms with Gasteiger partial charge in [0.1, 0.15) is 0 Å². The summed E-state index contributed by atoms with van der Waals surface area (Å²) in [5.41, 5.74) is -0.621. The van der Waals surface area contributed by atoms with Crippen molar-refractivity contribution in [2.75, 3.05) is 26.2 Å². The average Bonchev–Trinajstić information content (AvgIpc) is 2.46. The Balaban J connectivity index is 1.82. The van der Waals surface area contributed by atoms with Gasteiger partial charge in [0.25, 0.3) is 0 Å². The minimum atomic E-state index is -0.621. The molecule has 0 aromatic heterocycles. The Bertz CT molecular complexity index is 388. The molecule has 0 aromatic rings. The maximum Gasteiger partial charge on any atom is 0.225 e. The van der Waals surface area contributed by atoms with E-state index in [2.05, 4.69) is 0 Å². The largest absolute Gasteiger partial charge is 0.390 e. The molecule has 2 aliphatic rings. The number of aliphatic hydroxyl groups is 1. The van der Waals surface area contributed by atoms with Gasteiger partial charge in [-0.05, 0) is 32.6 Å². The fraction of sp³-hybridized carbons (Fsp3) is 0.875. The molecular formula is C16H28N2O3. The molecule has 2 amide bonds. The van der Waals surface area contributed by atoms with E-state index >= 15 is 0 Å². The van der Waals surface area contributed by atoms with Crippen LogP contribution in [-0.2, 0) is 9.59 Å². The Labute approximate surface area is 127 Å². The van der Waals surface area contributed by atoms with Crippen molar-refractivity contribution in [1.29, 1.82) is 0 Å². The lowest BCUT2D eigenvalue weighted by Gasteiger charge is -2.39. The third-order valence-electron chi connectivity index (χ3n) is 4.80. The minimum Gasteiger partial charge on any atom is -0.390 e. The topological polar surface area (TPSA) is 60.9 Å². The standard InChI is InChI=1S/C16H28N2O3/c1-12(2)14(19)17-8-4-13(5-9-17)15(20)18-10-6-16(3,21)7-11-18/h12-13,21H,4-11H2,1-3H3. The zero-order valence-corrected chi connectivity index (χ0v) is 13.5. The maximum atomic E-state index is 12.5. The van der Waals surface area contributed by atoms with Gasteiger partial charge in [0.15, 0.2) is 0 Å². The minimum absolute atomic E-state index is 0.0292. The van der Waals surface area contributed by atoms with Gasteiger partial charge in [-0.3, -0.25) is 9.59 Å². The van der Waals surface area contributed by atoms with Crippen molar-refractivity contribution in [3.63, 3.8) is 0 Å². The van der Waals surface area contributed by atoms with Gasteiger partial charge < -0.3 is 14.9 Å². The predicted octanol–water partition coefficient (Wildman–Crippen LogP) is 1.25. The Morgan fingerprint density at radius 1 is 1.05 bits per heavy atom. The first kappa shape index (κ1) is 16.3. The number of likely N-dealkylation sites (tertiary alicyclic amines) is 2. The summed E-state index contributed by atoms with van der Waals surface area (Å²) >= 11 is 0. The molecule has 1 N–H and O–H groups in total. The number of rotatable bonds is 2. The van der Waals surface area contributed by atoms with E-state index < -0.39 is 5.60 Å². The molecule has 2 rings (SSSR count). The molecule has 0 aliphatic carbocycles. The summed E-state index contributed by atoms with van der Waals surface area (Å²) in [4.78, 5) is 28.2. The second-order valence-corrected chi connectivity index (χ2v) is 7.08. The number of nitrogens with zero attached hydrogens (tertiary/aromatic N) is 2. The van der Waals surface area contributed by atoms with Crippen molar-refractivity contribution in [2.24, 2.45) is 11.8 Å². The highest BCUT2D eigenvalue weighted by atomic mass is 16.3. The van der Waals surface area contributed by atoms with Crippen molar-refractivity contribution in [1.82, 2.24) is 9.80 Å². The van der Waals surface area contributed by atoms with E-state index in [1.54, 1.807) is 0 Å². The quantitative estimate of drug-likeness (QED) is 0.834. The molecule has 0 spiro atoms. The van der Waals surface area contributed by atoms with Gasteiger partial charge >= 0.3 is 0 Å². The zero-order valence-electron chi connectivity index (χ0n) is 13.5. The van der Waals surface area contributed by atoms with Crippen LogP contribution in [0.2, 0.25) is 0 Å². The molecule has 0 atom stereocenters. The molecular weight excluding hydrogens is 268 g/mol. The molecule has 2 fully saturated rings. The van der Waals surface area contributed by atoms with Crippen LogP contribution in [0, 0.1) is 11.8 Å². The lowest BCUT2D eigenvalue weighted by atomic mass is 9.90. The Hall–Kier alpha value is -1.10. The predicted molar refractivity (Wildman–Crippen MR) is 80.6 cm³/mol. The molecule has 2 heterocycles. The SMILES string of the molecule is CC(C)C(=O)N1CCC(C(=O)N2CCC(C)(O)CC2)CC1. The van der Waals surface area contributed by atoms with E-state index in [1.807, 2.05) is 30.6 Å². The molecule has 5 heteroatoms. The number of carbonyl (C=O) groups excluding carboxylic acids is 2. The first-order valence-corrected chi connectivity index (χ1v) is 8.10. The Morgan fingerprint density at radius 2 is 1.57 bits per heavy atom. The monoisotopic (exact) mass is 296 g/mol. The van der Waals surface area contributed by atoms with Gasteiger partial charge in [-0.1, -0.05) is 13.8 Å². The average molecular weight is 296 g/mol. The lowest BCUT2D eigenvalue weighted by Crippen LogP contribution is -2.49. The molecule has 5 nitrogen and oxygen atoms in total. The zero-order chi connectivity index (χ0) is 15.6. The Morgan fingerprint density at radius 3 is 2.05 bits per heavy atom. The molecule has 120 valence electrons. The first-order valence-electron chi connectivity index (χ1n) is 8.10. The van der Waals surface area contributed by atoms with E-state index in [4.69, 9.17) is 0 Å². The fourth-order valence-corrected chi connectivity index (χ4v) is 3.18. The molecule has 0 radical (unpaired) electrons. The van der Waals surface area contributed by atoms with Crippen LogP contribution in [0.4, 0.5) is 0 Å². The van der Waals surface area contributed by atoms with Crippen molar-refractivity contribution in [3.05, 3.63) is 0 Å². The number of hydrogen-bond acceptors (Lipinski definition) is 3. The molecule has 2 saturated heterocycles. The summed E-state index contributed by atoms with van der Waals surface area (Å²) in [6, 6.07) is 0. The van der Waals surface area contributed by atoms with Gasteiger partial charge in [-0.25, -0.2) is 0 Å². The van der Waals surface area contributed by atoms with E-state index in [0.29, 0.717) is 39.0 Å². The van der Waals surface area contributed by atoms with Crippen LogP contribution in [0.25, 0.3) is 0 Å². The van der Waals surface area contributed by atoms with Crippen molar-refractivity contribution in [2.45, 2.75) is 52.1 Å². The molecule has 0 bridgehead atoms. The first-order chi connectivity index (χ1) is 9.80.